The molecule has 0 aliphatic heterocycles. The first-order valence-electron chi connectivity index (χ1n) is 10.3. The van der Waals surface area contributed by atoms with Crippen LogP contribution in [0.25, 0.3) is 0 Å². The molecule has 0 radical (unpaired) electrons. The van der Waals surface area contributed by atoms with Crippen molar-refractivity contribution in [2.75, 3.05) is 5.32 Å². The Balaban J connectivity index is 1.34. The van der Waals surface area contributed by atoms with E-state index in [0.717, 1.165) is 28.0 Å². The molecule has 1 aromatic heterocycles. The third-order valence-corrected chi connectivity index (χ3v) is 5.37. The molecule has 0 bridgehead atoms. The second kappa shape index (κ2) is 9.71. The number of aryl methyl sites for hydroxylation is 2. The fraction of sp³-hybridized carbons (Fsp3) is 0.154. The van der Waals surface area contributed by atoms with Crippen LogP contribution < -0.4 is 10.1 Å². The van der Waals surface area contributed by atoms with Gasteiger partial charge in [-0.3, -0.25) is 9.48 Å². The minimum atomic E-state index is -0.186. The van der Waals surface area contributed by atoms with Gasteiger partial charge in [0.2, 0.25) is 0 Å². The molecular formula is C26H24ClN3O2. The topological polar surface area (TPSA) is 56.1 Å². The molecule has 0 spiro atoms. The number of amides is 1. The van der Waals surface area contributed by atoms with E-state index in [1.165, 1.54) is 0 Å². The van der Waals surface area contributed by atoms with E-state index < -0.39 is 0 Å². The van der Waals surface area contributed by atoms with E-state index in [1.807, 2.05) is 68.4 Å². The van der Waals surface area contributed by atoms with E-state index in [2.05, 4.69) is 10.4 Å². The van der Waals surface area contributed by atoms with Gasteiger partial charge in [-0.15, -0.1) is 0 Å². The van der Waals surface area contributed by atoms with E-state index in [-0.39, 0.29) is 5.91 Å². The smallest absolute Gasteiger partial charge is 0.255 e. The number of hydrogen-bond donors (Lipinski definition) is 1. The van der Waals surface area contributed by atoms with Crippen molar-refractivity contribution in [3.8, 4) is 5.75 Å². The highest BCUT2D eigenvalue weighted by atomic mass is 35.5. The van der Waals surface area contributed by atoms with E-state index in [0.29, 0.717) is 29.4 Å². The molecule has 0 aliphatic carbocycles. The Morgan fingerprint density at radius 3 is 2.44 bits per heavy atom. The van der Waals surface area contributed by atoms with Crippen LogP contribution in [0.2, 0.25) is 5.02 Å². The summed E-state index contributed by atoms with van der Waals surface area (Å²) in [6.45, 7) is 5.09. The van der Waals surface area contributed by atoms with Crippen LogP contribution >= 0.6 is 11.6 Å². The molecule has 0 saturated heterocycles. The molecule has 1 heterocycles. The van der Waals surface area contributed by atoms with E-state index >= 15 is 0 Å². The summed E-state index contributed by atoms with van der Waals surface area (Å²) < 4.78 is 7.75. The summed E-state index contributed by atoms with van der Waals surface area (Å²) in [6.07, 6.45) is 3.43. The zero-order valence-corrected chi connectivity index (χ0v) is 18.8. The summed E-state index contributed by atoms with van der Waals surface area (Å²) in [4.78, 5) is 12.6. The molecule has 0 aliphatic rings. The van der Waals surface area contributed by atoms with Gasteiger partial charge in [0, 0.05) is 16.8 Å². The summed E-state index contributed by atoms with van der Waals surface area (Å²) in [7, 11) is 0. The number of aromatic nitrogens is 2. The highest BCUT2D eigenvalue weighted by molar-refractivity contribution is 6.30. The van der Waals surface area contributed by atoms with Crippen LogP contribution in [0.3, 0.4) is 0 Å². The summed E-state index contributed by atoms with van der Waals surface area (Å²) in [5, 5.41) is 7.89. The van der Waals surface area contributed by atoms with E-state index in [9.17, 15) is 4.79 Å². The standard InChI is InChI=1S/C26H24ClN3O2/c1-18-5-3-6-19(2)25(18)32-17-20-9-11-22(12-10-20)26(31)29-24-14-28-30(16-24)15-21-7-4-8-23(27)13-21/h3-14,16H,15,17H2,1-2H3,(H,29,31). The van der Waals surface area contributed by atoms with Gasteiger partial charge in [0.05, 0.1) is 18.4 Å². The van der Waals surface area contributed by atoms with Crippen LogP contribution in [0, 0.1) is 13.8 Å². The maximum Gasteiger partial charge on any atom is 0.255 e. The van der Waals surface area contributed by atoms with Gasteiger partial charge in [-0.05, 0) is 60.4 Å². The lowest BCUT2D eigenvalue weighted by atomic mass is 10.1. The van der Waals surface area contributed by atoms with Gasteiger partial charge in [0.25, 0.3) is 5.91 Å². The average molecular weight is 446 g/mol. The zero-order valence-electron chi connectivity index (χ0n) is 18.0. The fourth-order valence-electron chi connectivity index (χ4n) is 3.47. The fourth-order valence-corrected chi connectivity index (χ4v) is 3.69. The highest BCUT2D eigenvalue weighted by Gasteiger charge is 2.09. The normalized spacial score (nSPS) is 10.7. The van der Waals surface area contributed by atoms with Crippen LogP contribution in [-0.2, 0) is 13.2 Å². The molecule has 162 valence electrons. The number of nitrogens with one attached hydrogen (secondary N) is 1. The lowest BCUT2D eigenvalue weighted by Crippen LogP contribution is -2.11. The Labute approximate surface area is 192 Å². The Bertz CT molecular complexity index is 1210. The number of rotatable bonds is 7. The second-order valence-corrected chi connectivity index (χ2v) is 8.15. The third kappa shape index (κ3) is 5.37. The number of hydrogen-bond acceptors (Lipinski definition) is 3. The highest BCUT2D eigenvalue weighted by Crippen LogP contribution is 2.23. The van der Waals surface area contributed by atoms with Gasteiger partial charge in [0.1, 0.15) is 12.4 Å². The van der Waals surface area contributed by atoms with Gasteiger partial charge >= 0.3 is 0 Å². The van der Waals surface area contributed by atoms with E-state index in [4.69, 9.17) is 16.3 Å². The lowest BCUT2D eigenvalue weighted by Gasteiger charge is -2.12. The van der Waals surface area contributed by atoms with Crippen molar-refractivity contribution < 1.29 is 9.53 Å². The molecule has 1 N–H and O–H groups in total. The monoisotopic (exact) mass is 445 g/mol. The van der Waals surface area contributed by atoms with Gasteiger partial charge in [-0.25, -0.2) is 0 Å². The SMILES string of the molecule is Cc1cccc(C)c1OCc1ccc(C(=O)Nc2cnn(Cc3cccc(Cl)c3)c2)cc1. The van der Waals surface area contributed by atoms with Crippen LogP contribution in [0.15, 0.2) is 79.1 Å². The van der Waals surface area contributed by atoms with Gasteiger partial charge in [-0.2, -0.15) is 5.10 Å². The first-order valence-corrected chi connectivity index (χ1v) is 10.7. The molecule has 3 aromatic carbocycles. The predicted molar refractivity (Wildman–Crippen MR) is 127 cm³/mol. The predicted octanol–water partition coefficient (Wildman–Crippen LogP) is 6.03. The summed E-state index contributed by atoms with van der Waals surface area (Å²) in [6, 6.07) is 21.1. The number of anilines is 1. The van der Waals surface area contributed by atoms with Crippen molar-refractivity contribution >= 4 is 23.2 Å². The number of carbonyl (C=O) groups excluding carboxylic acids is 1. The molecule has 0 saturated carbocycles. The molecular weight excluding hydrogens is 422 g/mol. The quantitative estimate of drug-likeness (QED) is 0.377. The zero-order chi connectivity index (χ0) is 22.5. The Kier molecular flexibility index (Phi) is 6.57. The Morgan fingerprint density at radius 2 is 1.72 bits per heavy atom. The van der Waals surface area contributed by atoms with Crippen molar-refractivity contribution in [3.05, 3.63) is 112 Å². The number of carbonyl (C=O) groups is 1. The number of ether oxygens (including phenoxy) is 1. The first-order chi connectivity index (χ1) is 15.5. The number of benzene rings is 3. The Hall–Kier alpha value is -3.57. The van der Waals surface area contributed by atoms with Gasteiger partial charge < -0.3 is 10.1 Å². The lowest BCUT2D eigenvalue weighted by molar-refractivity contribution is 0.102. The first kappa shape index (κ1) is 21.7. The minimum Gasteiger partial charge on any atom is -0.488 e. The van der Waals surface area contributed by atoms with Crippen molar-refractivity contribution in [3.63, 3.8) is 0 Å². The largest absolute Gasteiger partial charge is 0.488 e. The molecule has 4 rings (SSSR count). The van der Waals surface area contributed by atoms with Gasteiger partial charge in [0.15, 0.2) is 0 Å². The molecule has 1 amide bonds. The van der Waals surface area contributed by atoms with E-state index in [1.54, 1.807) is 29.2 Å². The molecule has 0 atom stereocenters. The van der Waals surface area contributed by atoms with Crippen molar-refractivity contribution in [1.82, 2.24) is 9.78 Å². The third-order valence-electron chi connectivity index (χ3n) is 5.13. The molecule has 0 fully saturated rings. The molecule has 5 nitrogen and oxygen atoms in total. The van der Waals surface area contributed by atoms with Crippen molar-refractivity contribution in [2.45, 2.75) is 27.0 Å². The van der Waals surface area contributed by atoms with Crippen LogP contribution in [0.5, 0.6) is 5.75 Å². The van der Waals surface area contributed by atoms with Gasteiger partial charge in [-0.1, -0.05) is 54.1 Å². The van der Waals surface area contributed by atoms with Crippen LogP contribution in [0.1, 0.15) is 32.6 Å². The summed E-state index contributed by atoms with van der Waals surface area (Å²) >= 11 is 6.03. The molecule has 6 heteroatoms. The number of halogens is 1. The molecule has 4 aromatic rings. The maximum atomic E-state index is 12.6. The minimum absolute atomic E-state index is 0.186. The molecule has 0 unspecified atom stereocenters. The average Bonchev–Trinajstić information content (AvgIpc) is 3.20. The number of nitrogens with zero attached hydrogens (tertiary/aromatic N) is 2. The van der Waals surface area contributed by atoms with Crippen molar-refractivity contribution in [1.29, 1.82) is 0 Å². The van der Waals surface area contributed by atoms with Crippen LogP contribution in [-0.4, -0.2) is 15.7 Å². The molecule has 32 heavy (non-hydrogen) atoms. The summed E-state index contributed by atoms with van der Waals surface area (Å²) in [5.41, 5.74) is 5.47. The Morgan fingerprint density at radius 1 is 1.00 bits per heavy atom. The van der Waals surface area contributed by atoms with Crippen molar-refractivity contribution in [2.24, 2.45) is 0 Å². The summed E-state index contributed by atoms with van der Waals surface area (Å²) in [5.74, 6) is 0.721. The second-order valence-electron chi connectivity index (χ2n) is 7.72. The van der Waals surface area contributed by atoms with Crippen LogP contribution in [0.4, 0.5) is 5.69 Å². The number of para-hydroxylation sites is 1. The maximum absolute atomic E-state index is 12.6.